The van der Waals surface area contributed by atoms with Gasteiger partial charge < -0.3 is 5.32 Å². The number of amides is 1. The number of aromatic nitrogens is 1. The molecule has 0 fully saturated rings. The SMILES string of the molecule is N#Cc1cc([N+](=O)[O-])ccc1NC(=O)c1cccc(F)n1. The van der Waals surface area contributed by atoms with Crippen molar-refractivity contribution in [2.75, 3.05) is 5.32 Å². The first-order chi connectivity index (χ1) is 10.0. The van der Waals surface area contributed by atoms with Gasteiger partial charge >= 0.3 is 0 Å². The summed E-state index contributed by atoms with van der Waals surface area (Å²) in [4.78, 5) is 25.2. The van der Waals surface area contributed by atoms with E-state index < -0.39 is 16.8 Å². The lowest BCUT2D eigenvalue weighted by Crippen LogP contribution is -2.15. The lowest BCUT2D eigenvalue weighted by Gasteiger charge is -2.06. The van der Waals surface area contributed by atoms with Crippen molar-refractivity contribution in [3.8, 4) is 6.07 Å². The van der Waals surface area contributed by atoms with Crippen molar-refractivity contribution in [2.45, 2.75) is 0 Å². The number of benzene rings is 1. The molecular formula is C13H7FN4O3. The van der Waals surface area contributed by atoms with Crippen LogP contribution in [0.1, 0.15) is 16.1 Å². The average molecular weight is 286 g/mol. The maximum absolute atomic E-state index is 12.9. The number of nitro groups is 1. The first-order valence-corrected chi connectivity index (χ1v) is 5.63. The summed E-state index contributed by atoms with van der Waals surface area (Å²) in [5.74, 6) is -1.54. The lowest BCUT2D eigenvalue weighted by molar-refractivity contribution is -0.384. The summed E-state index contributed by atoms with van der Waals surface area (Å²) in [5, 5.41) is 21.9. The molecular weight excluding hydrogens is 279 g/mol. The third-order valence-electron chi connectivity index (χ3n) is 2.53. The van der Waals surface area contributed by atoms with Gasteiger partial charge in [-0.1, -0.05) is 6.07 Å². The molecule has 0 aliphatic carbocycles. The summed E-state index contributed by atoms with van der Waals surface area (Å²) >= 11 is 0. The van der Waals surface area contributed by atoms with Crippen molar-refractivity contribution in [2.24, 2.45) is 0 Å². The van der Waals surface area contributed by atoms with E-state index in [9.17, 15) is 19.3 Å². The van der Waals surface area contributed by atoms with Gasteiger partial charge in [-0.05, 0) is 18.2 Å². The molecule has 1 heterocycles. The number of hydrogen-bond donors (Lipinski definition) is 1. The average Bonchev–Trinajstić information content (AvgIpc) is 2.47. The topological polar surface area (TPSA) is 109 Å². The number of hydrogen-bond acceptors (Lipinski definition) is 5. The van der Waals surface area contributed by atoms with E-state index in [4.69, 9.17) is 5.26 Å². The van der Waals surface area contributed by atoms with Crippen LogP contribution in [0.3, 0.4) is 0 Å². The maximum Gasteiger partial charge on any atom is 0.274 e. The molecule has 0 aliphatic rings. The number of pyridine rings is 1. The Morgan fingerprint density at radius 2 is 2.14 bits per heavy atom. The smallest absolute Gasteiger partial charge is 0.274 e. The molecule has 21 heavy (non-hydrogen) atoms. The normalized spacial score (nSPS) is 9.71. The van der Waals surface area contributed by atoms with Crippen LogP contribution in [0, 0.1) is 27.4 Å². The van der Waals surface area contributed by atoms with Crippen molar-refractivity contribution in [1.82, 2.24) is 4.98 Å². The summed E-state index contributed by atoms with van der Waals surface area (Å²) in [5.41, 5.74) is -0.432. The number of halogens is 1. The van der Waals surface area contributed by atoms with Crippen LogP contribution in [0.15, 0.2) is 36.4 Å². The summed E-state index contributed by atoms with van der Waals surface area (Å²) in [7, 11) is 0. The molecule has 1 N–H and O–H groups in total. The van der Waals surface area contributed by atoms with Crippen LogP contribution in [-0.2, 0) is 0 Å². The van der Waals surface area contributed by atoms with Crippen LogP contribution in [0.4, 0.5) is 15.8 Å². The van der Waals surface area contributed by atoms with E-state index in [-0.39, 0.29) is 22.6 Å². The molecule has 0 atom stereocenters. The largest absolute Gasteiger partial charge is 0.319 e. The van der Waals surface area contributed by atoms with Crippen molar-refractivity contribution in [3.63, 3.8) is 0 Å². The Balaban J connectivity index is 2.29. The molecule has 0 spiro atoms. The molecule has 0 unspecified atom stereocenters. The molecule has 0 saturated carbocycles. The number of nitrogens with one attached hydrogen (secondary N) is 1. The van der Waals surface area contributed by atoms with Gasteiger partial charge in [0.2, 0.25) is 5.95 Å². The van der Waals surface area contributed by atoms with E-state index in [2.05, 4.69) is 10.3 Å². The van der Waals surface area contributed by atoms with Gasteiger partial charge in [-0.3, -0.25) is 14.9 Å². The molecule has 1 amide bonds. The maximum atomic E-state index is 12.9. The zero-order valence-electron chi connectivity index (χ0n) is 10.4. The van der Waals surface area contributed by atoms with Crippen LogP contribution < -0.4 is 5.32 Å². The van der Waals surface area contributed by atoms with Gasteiger partial charge in [-0.15, -0.1) is 0 Å². The molecule has 8 heteroatoms. The fraction of sp³-hybridized carbons (Fsp3) is 0. The summed E-state index contributed by atoms with van der Waals surface area (Å²) < 4.78 is 12.9. The van der Waals surface area contributed by atoms with E-state index in [1.54, 1.807) is 6.07 Å². The minimum atomic E-state index is -0.813. The van der Waals surface area contributed by atoms with Crippen LogP contribution in [0.5, 0.6) is 0 Å². The van der Waals surface area contributed by atoms with Crippen LogP contribution >= 0.6 is 0 Å². The van der Waals surface area contributed by atoms with Gasteiger partial charge in [0.05, 0.1) is 16.2 Å². The molecule has 104 valence electrons. The fourth-order valence-electron chi connectivity index (χ4n) is 1.57. The summed E-state index contributed by atoms with van der Waals surface area (Å²) in [6.07, 6.45) is 0. The highest BCUT2D eigenvalue weighted by Crippen LogP contribution is 2.21. The molecule has 0 aliphatic heterocycles. The zero-order chi connectivity index (χ0) is 15.4. The van der Waals surface area contributed by atoms with E-state index in [1.165, 1.54) is 18.2 Å². The van der Waals surface area contributed by atoms with Gasteiger partial charge in [0.25, 0.3) is 11.6 Å². The first-order valence-electron chi connectivity index (χ1n) is 5.63. The molecule has 2 rings (SSSR count). The number of nitrogens with zero attached hydrogens (tertiary/aromatic N) is 3. The minimum absolute atomic E-state index is 0.0750. The van der Waals surface area contributed by atoms with Crippen molar-refractivity contribution >= 4 is 17.3 Å². The molecule has 0 radical (unpaired) electrons. The second-order valence-corrected chi connectivity index (χ2v) is 3.90. The van der Waals surface area contributed by atoms with Gasteiger partial charge in [0.1, 0.15) is 11.8 Å². The molecule has 2 aromatic rings. The van der Waals surface area contributed by atoms with E-state index >= 15 is 0 Å². The number of carbonyl (C=O) groups is 1. The Kier molecular flexibility index (Phi) is 3.85. The molecule has 0 bridgehead atoms. The Morgan fingerprint density at radius 1 is 1.38 bits per heavy atom. The van der Waals surface area contributed by atoms with Gasteiger partial charge in [0, 0.05) is 12.1 Å². The van der Waals surface area contributed by atoms with Crippen LogP contribution in [0.2, 0.25) is 0 Å². The molecule has 7 nitrogen and oxygen atoms in total. The molecule has 1 aromatic carbocycles. The van der Waals surface area contributed by atoms with E-state index in [0.29, 0.717) is 0 Å². The number of nitro benzene ring substituents is 1. The summed E-state index contributed by atoms with van der Waals surface area (Å²) in [6.45, 7) is 0. The predicted molar refractivity (Wildman–Crippen MR) is 70.0 cm³/mol. The van der Waals surface area contributed by atoms with Crippen molar-refractivity contribution in [1.29, 1.82) is 5.26 Å². The highest BCUT2D eigenvalue weighted by molar-refractivity contribution is 6.03. The highest BCUT2D eigenvalue weighted by Gasteiger charge is 2.14. The number of anilines is 1. The standard InChI is InChI=1S/C13H7FN4O3/c14-12-3-1-2-11(16-12)13(19)17-10-5-4-9(18(20)21)6-8(10)7-15/h1-6H,(H,17,19). The van der Waals surface area contributed by atoms with Crippen molar-refractivity contribution < 1.29 is 14.1 Å². The highest BCUT2D eigenvalue weighted by atomic mass is 19.1. The molecule has 1 aromatic heterocycles. The summed E-state index contributed by atoms with van der Waals surface area (Å²) in [6, 6.07) is 8.87. The second-order valence-electron chi connectivity index (χ2n) is 3.90. The third kappa shape index (κ3) is 3.16. The Morgan fingerprint density at radius 3 is 2.76 bits per heavy atom. The minimum Gasteiger partial charge on any atom is -0.319 e. The Bertz CT molecular complexity index is 770. The zero-order valence-corrected chi connectivity index (χ0v) is 10.4. The van der Waals surface area contributed by atoms with Gasteiger partial charge in [0.15, 0.2) is 0 Å². The predicted octanol–water partition coefficient (Wildman–Crippen LogP) is 2.25. The first kappa shape index (κ1) is 14.1. The monoisotopic (exact) mass is 286 g/mol. The van der Waals surface area contributed by atoms with Crippen molar-refractivity contribution in [3.05, 3.63) is 63.7 Å². The fourth-order valence-corrected chi connectivity index (χ4v) is 1.57. The molecule has 0 saturated heterocycles. The van der Waals surface area contributed by atoms with Gasteiger partial charge in [-0.2, -0.15) is 9.65 Å². The Hall–Kier alpha value is -3.34. The number of nitriles is 1. The number of non-ortho nitro benzene ring substituents is 1. The van der Waals surface area contributed by atoms with Crippen LogP contribution in [-0.4, -0.2) is 15.8 Å². The van der Waals surface area contributed by atoms with E-state index in [1.807, 2.05) is 0 Å². The second kappa shape index (κ2) is 5.75. The third-order valence-corrected chi connectivity index (χ3v) is 2.53. The van der Waals surface area contributed by atoms with Gasteiger partial charge in [-0.25, -0.2) is 4.98 Å². The number of carbonyl (C=O) groups excluding carboxylic acids is 1. The number of rotatable bonds is 3. The van der Waals surface area contributed by atoms with Crippen LogP contribution in [0.25, 0.3) is 0 Å². The Labute approximate surface area is 117 Å². The quantitative estimate of drug-likeness (QED) is 0.528. The lowest BCUT2D eigenvalue weighted by atomic mass is 10.1. The van der Waals surface area contributed by atoms with E-state index in [0.717, 1.165) is 18.2 Å².